The molecule has 0 fully saturated rings. The predicted octanol–water partition coefficient (Wildman–Crippen LogP) is 1.17. The third kappa shape index (κ3) is 19.2. The van der Waals surface area contributed by atoms with E-state index >= 15 is 0 Å². The van der Waals surface area contributed by atoms with Crippen molar-refractivity contribution in [3.63, 3.8) is 0 Å². The molecule has 0 spiro atoms. The van der Waals surface area contributed by atoms with Crippen LogP contribution >= 0.6 is 8.58 Å². The van der Waals surface area contributed by atoms with E-state index in [1.165, 1.54) is 24.3 Å². The van der Waals surface area contributed by atoms with Crippen molar-refractivity contribution in [1.29, 1.82) is 0 Å². The average molecular weight is 283 g/mol. The number of benzene rings is 1. The summed E-state index contributed by atoms with van der Waals surface area (Å²) in [5, 5.41) is 1.50. The molecule has 94 valence electrons. The molecule has 3 heteroatoms. The second kappa shape index (κ2) is 11.8. The summed E-state index contributed by atoms with van der Waals surface area (Å²) >= 11 is 2.01. The fourth-order valence-corrected chi connectivity index (χ4v) is 2.21. The van der Waals surface area contributed by atoms with Crippen molar-refractivity contribution in [3.05, 3.63) is 30.3 Å². The predicted molar refractivity (Wildman–Crippen MR) is 79.6 cm³/mol. The first-order valence-electron chi connectivity index (χ1n) is 6.07. The summed E-state index contributed by atoms with van der Waals surface area (Å²) < 4.78 is 0.528. The molecule has 1 aromatic rings. The Morgan fingerprint density at radius 1 is 1.12 bits per heavy atom. The number of halogens is 1. The Hall–Kier alpha value is 0.706. The zero-order valence-electron chi connectivity index (χ0n) is 11.6. The first kappa shape index (κ1) is 20.0. The Morgan fingerprint density at radius 2 is 1.59 bits per heavy atom. The van der Waals surface area contributed by atoms with Gasteiger partial charge < -0.3 is 12.4 Å². The molecule has 1 aromatic carbocycles. The first-order chi connectivity index (χ1) is 7.43. The van der Waals surface area contributed by atoms with Gasteiger partial charge in [-0.2, -0.15) is 0 Å². The molecule has 0 heterocycles. The van der Waals surface area contributed by atoms with E-state index in [-0.39, 0.29) is 12.4 Å². The minimum atomic E-state index is 0. The minimum absolute atomic E-state index is 0. The number of hydrogen-bond acceptors (Lipinski definition) is 0. The standard InChI is InChI=1S/C10H15P.C4H9.ClH.Mg/c1-2-3-9-11-10-7-5-4-6-8-10;1-4(2)3;;/h4-8,11H,2-3,9H2,1H3;1-3H3;1H;/q;;;+1/p-1. The van der Waals surface area contributed by atoms with E-state index in [4.69, 9.17) is 0 Å². The Morgan fingerprint density at radius 3 is 2.00 bits per heavy atom. The van der Waals surface area contributed by atoms with Gasteiger partial charge in [0.2, 0.25) is 0 Å². The van der Waals surface area contributed by atoms with Crippen LogP contribution in [0.15, 0.2) is 30.3 Å². The van der Waals surface area contributed by atoms with E-state index in [1.807, 2.05) is 21.7 Å². The van der Waals surface area contributed by atoms with Crippen molar-refractivity contribution < 1.29 is 12.4 Å². The van der Waals surface area contributed by atoms with Gasteiger partial charge >= 0.3 is 46.0 Å². The third-order valence-corrected chi connectivity index (χ3v) is 2.98. The van der Waals surface area contributed by atoms with Crippen LogP contribution in [0.1, 0.15) is 40.5 Å². The van der Waals surface area contributed by atoms with Crippen molar-refractivity contribution >= 4 is 35.6 Å². The topological polar surface area (TPSA) is 0 Å². The molecule has 17 heavy (non-hydrogen) atoms. The summed E-state index contributed by atoms with van der Waals surface area (Å²) in [5.74, 6) is 0. The molecule has 0 aliphatic heterocycles. The van der Waals surface area contributed by atoms with Crippen LogP contribution in [0.3, 0.4) is 0 Å². The van der Waals surface area contributed by atoms with Crippen molar-refractivity contribution in [2.24, 2.45) is 0 Å². The summed E-state index contributed by atoms with van der Waals surface area (Å²) in [7, 11) is 1.01. The largest absolute Gasteiger partial charge is 1.00 e. The van der Waals surface area contributed by atoms with Crippen molar-refractivity contribution in [2.75, 3.05) is 6.16 Å². The van der Waals surface area contributed by atoms with Gasteiger partial charge in [-0.25, -0.2) is 0 Å². The maximum absolute atomic E-state index is 2.25. The van der Waals surface area contributed by atoms with Crippen LogP contribution in [0.2, 0.25) is 3.54 Å². The summed E-state index contributed by atoms with van der Waals surface area (Å²) in [6, 6.07) is 10.7. The molecule has 1 rings (SSSR count). The molecule has 1 unspecified atom stereocenters. The van der Waals surface area contributed by atoms with E-state index in [2.05, 4.69) is 58.0 Å². The van der Waals surface area contributed by atoms with Crippen LogP contribution in [0.5, 0.6) is 0 Å². The Balaban J connectivity index is 0. The smallest absolute Gasteiger partial charge is 1.00 e. The quantitative estimate of drug-likeness (QED) is 0.442. The van der Waals surface area contributed by atoms with E-state index in [1.54, 1.807) is 0 Å². The van der Waals surface area contributed by atoms with Crippen LogP contribution in [0.4, 0.5) is 0 Å². The minimum Gasteiger partial charge on any atom is -1.00 e. The van der Waals surface area contributed by atoms with Crippen LogP contribution in [-0.4, -0.2) is 27.9 Å². The van der Waals surface area contributed by atoms with Crippen LogP contribution < -0.4 is 17.7 Å². The molecule has 1 atom stereocenters. The number of unbranched alkanes of at least 4 members (excludes halogenated alkanes) is 1. The van der Waals surface area contributed by atoms with Gasteiger partial charge in [0.05, 0.1) is 0 Å². The molecule has 0 saturated carbocycles. The van der Waals surface area contributed by atoms with Gasteiger partial charge in [0, 0.05) is 0 Å². The van der Waals surface area contributed by atoms with E-state index in [0.717, 1.165) is 8.58 Å². The fourth-order valence-electron chi connectivity index (χ4n) is 0.966. The van der Waals surface area contributed by atoms with Gasteiger partial charge in [0.1, 0.15) is 0 Å². The molecule has 0 radical (unpaired) electrons. The average Bonchev–Trinajstić information content (AvgIpc) is 2.17. The Labute approximate surface area is 128 Å². The molecular weight excluding hydrogens is 259 g/mol. The van der Waals surface area contributed by atoms with Crippen molar-refractivity contribution in [2.45, 2.75) is 44.1 Å². The zero-order valence-corrected chi connectivity index (χ0v) is 14.8. The Bertz CT molecular complexity index is 251. The van der Waals surface area contributed by atoms with E-state index in [0.29, 0.717) is 3.54 Å². The second-order valence-electron chi connectivity index (χ2n) is 5.21. The molecule has 0 nitrogen and oxygen atoms in total. The van der Waals surface area contributed by atoms with Gasteiger partial charge in [-0.15, -0.1) is 0 Å². The van der Waals surface area contributed by atoms with Crippen molar-refractivity contribution in [3.8, 4) is 0 Å². The summed E-state index contributed by atoms with van der Waals surface area (Å²) in [6.07, 6.45) is 4.05. The molecular formula is C14H24ClMgP. The van der Waals surface area contributed by atoms with Crippen LogP contribution in [-0.2, 0) is 0 Å². The Kier molecular flexibility index (Phi) is 13.9. The first-order valence-corrected chi connectivity index (χ1v) is 7.99. The molecule has 0 aliphatic rings. The molecule has 0 saturated heterocycles. The van der Waals surface area contributed by atoms with Crippen molar-refractivity contribution in [1.82, 2.24) is 0 Å². The summed E-state index contributed by atoms with van der Waals surface area (Å²) in [5.41, 5.74) is 0. The monoisotopic (exact) mass is 282 g/mol. The SMILES string of the molecule is CCCCPc1ccccc1.C[C](C)(C)[Mg+].[Cl-]. The molecule has 0 amide bonds. The molecule has 0 aromatic heterocycles. The maximum Gasteiger partial charge on any atom is -1.00 e. The maximum atomic E-state index is 2.25. The van der Waals surface area contributed by atoms with Gasteiger partial charge in [0.15, 0.2) is 0 Å². The van der Waals surface area contributed by atoms with Gasteiger partial charge in [-0.1, -0.05) is 52.3 Å². The fraction of sp³-hybridized carbons (Fsp3) is 0.571. The summed E-state index contributed by atoms with van der Waals surface area (Å²) in [4.78, 5) is 0. The van der Waals surface area contributed by atoms with E-state index < -0.39 is 0 Å². The van der Waals surface area contributed by atoms with Crippen LogP contribution in [0, 0.1) is 0 Å². The van der Waals surface area contributed by atoms with Crippen LogP contribution in [0.25, 0.3) is 0 Å². The molecule has 0 aliphatic carbocycles. The third-order valence-electron chi connectivity index (χ3n) is 1.63. The van der Waals surface area contributed by atoms with E-state index in [9.17, 15) is 0 Å². The van der Waals surface area contributed by atoms with Gasteiger partial charge in [-0.05, 0) is 17.9 Å². The number of hydrogen-bond donors (Lipinski definition) is 0. The normalized spacial score (nSPS) is 10.7. The van der Waals surface area contributed by atoms with Gasteiger partial charge in [-0.3, -0.25) is 0 Å². The second-order valence-corrected chi connectivity index (χ2v) is 8.76. The van der Waals surface area contributed by atoms with Gasteiger partial charge in [0.25, 0.3) is 0 Å². The zero-order chi connectivity index (χ0) is 12.4. The number of rotatable bonds is 4. The summed E-state index contributed by atoms with van der Waals surface area (Å²) in [6.45, 7) is 8.85. The molecule has 0 N–H and O–H groups in total. The molecule has 0 bridgehead atoms.